The first kappa shape index (κ1) is 37.1. The van der Waals surface area contributed by atoms with Gasteiger partial charge in [-0.1, -0.05) is 158 Å². The average Bonchev–Trinajstić information content (AvgIpc) is 4.08. The molecule has 0 atom stereocenters. The first-order chi connectivity index (χ1) is 32.2. The van der Waals surface area contributed by atoms with Crippen LogP contribution in [0.4, 0.5) is 0 Å². The van der Waals surface area contributed by atoms with Crippen molar-refractivity contribution in [2.24, 2.45) is 0 Å². The summed E-state index contributed by atoms with van der Waals surface area (Å²) < 4.78 is 11.2. The molecule has 0 saturated carbocycles. The van der Waals surface area contributed by atoms with Crippen LogP contribution in [-0.2, 0) is 0 Å². The van der Waals surface area contributed by atoms with Crippen molar-refractivity contribution in [2.75, 3.05) is 0 Å². The van der Waals surface area contributed by atoms with E-state index in [0.717, 1.165) is 77.9 Å². The van der Waals surface area contributed by atoms with Crippen LogP contribution in [0.15, 0.2) is 217 Å². The summed E-state index contributed by atoms with van der Waals surface area (Å²) in [5, 5.41) is 4.57. The standard InChI is InChI=1S/C58H35N5OS/c1-3-14-37(15-4-1)55-60-56(62-57(61-55)47-24-13-22-45-44-20-7-10-27-51(44)64-53(45)47)41-17-11-16-40(34-41)43-21-12-23-46-48-35-39(32-33-52(48)65-54(43)46)36-28-30-38(31-29-36)58-59-49-25-8-9-26-50(49)63(58)42-18-5-2-6-19-42/h1-35H. The fraction of sp³-hybridized carbons (Fsp3) is 0. The van der Waals surface area contributed by atoms with Gasteiger partial charge in [0.05, 0.1) is 16.6 Å². The summed E-state index contributed by atoms with van der Waals surface area (Å²) in [7, 11) is 0. The van der Waals surface area contributed by atoms with Crippen LogP contribution in [0.3, 0.4) is 0 Å². The quantitative estimate of drug-likeness (QED) is 0.160. The maximum atomic E-state index is 6.45. The monoisotopic (exact) mass is 849 g/mol. The van der Waals surface area contributed by atoms with E-state index in [0.29, 0.717) is 17.5 Å². The molecule has 0 unspecified atom stereocenters. The van der Waals surface area contributed by atoms with Crippen LogP contribution in [0.2, 0.25) is 0 Å². The van der Waals surface area contributed by atoms with E-state index in [2.05, 4.69) is 144 Å². The van der Waals surface area contributed by atoms with Crippen LogP contribution >= 0.6 is 11.3 Å². The largest absolute Gasteiger partial charge is 0.455 e. The van der Waals surface area contributed by atoms with E-state index in [9.17, 15) is 0 Å². The Kier molecular flexibility index (Phi) is 8.60. The van der Waals surface area contributed by atoms with Gasteiger partial charge in [-0.05, 0) is 76.9 Å². The van der Waals surface area contributed by atoms with Crippen LogP contribution in [0.1, 0.15) is 0 Å². The van der Waals surface area contributed by atoms with Crippen molar-refractivity contribution in [3.8, 4) is 73.5 Å². The van der Waals surface area contributed by atoms with E-state index in [-0.39, 0.29) is 0 Å². The molecule has 4 aromatic heterocycles. The Morgan fingerprint density at radius 3 is 1.88 bits per heavy atom. The van der Waals surface area contributed by atoms with Crippen LogP contribution in [0.5, 0.6) is 0 Å². The molecule has 6 nitrogen and oxygen atoms in total. The Morgan fingerprint density at radius 1 is 0.385 bits per heavy atom. The molecule has 13 rings (SSSR count). The minimum Gasteiger partial charge on any atom is -0.455 e. The van der Waals surface area contributed by atoms with E-state index in [1.807, 2.05) is 84.1 Å². The molecule has 0 aliphatic heterocycles. The van der Waals surface area contributed by atoms with E-state index in [4.69, 9.17) is 24.4 Å². The number of hydrogen-bond donors (Lipinski definition) is 0. The Hall–Kier alpha value is -8.52. The summed E-state index contributed by atoms with van der Waals surface area (Å²) in [6.45, 7) is 0. The molecule has 0 spiro atoms. The Bertz CT molecular complexity index is 3950. The van der Waals surface area contributed by atoms with Gasteiger partial charge in [-0.25, -0.2) is 19.9 Å². The van der Waals surface area contributed by atoms with Crippen molar-refractivity contribution in [3.63, 3.8) is 0 Å². The molecule has 0 N–H and O–H groups in total. The molecule has 65 heavy (non-hydrogen) atoms. The van der Waals surface area contributed by atoms with Gasteiger partial charge < -0.3 is 4.42 Å². The van der Waals surface area contributed by atoms with Gasteiger partial charge in [0.1, 0.15) is 17.0 Å². The van der Waals surface area contributed by atoms with E-state index in [1.54, 1.807) is 0 Å². The summed E-state index contributed by atoms with van der Waals surface area (Å²) >= 11 is 1.83. The lowest BCUT2D eigenvalue weighted by Gasteiger charge is -2.10. The zero-order valence-electron chi connectivity index (χ0n) is 34.8. The number of para-hydroxylation sites is 5. The first-order valence-electron chi connectivity index (χ1n) is 21.6. The maximum absolute atomic E-state index is 6.45. The highest BCUT2D eigenvalue weighted by atomic mass is 32.1. The van der Waals surface area contributed by atoms with Crippen LogP contribution in [0, 0.1) is 0 Å². The predicted octanol–water partition coefficient (Wildman–Crippen LogP) is 15.5. The Balaban J connectivity index is 0.876. The molecule has 4 heterocycles. The topological polar surface area (TPSA) is 69.6 Å². The van der Waals surface area contributed by atoms with Gasteiger partial charge in [0, 0.05) is 53.3 Å². The zero-order valence-corrected chi connectivity index (χ0v) is 35.6. The van der Waals surface area contributed by atoms with Gasteiger partial charge in [0.2, 0.25) is 0 Å². The number of rotatable bonds is 7. The molecular formula is C58H35N5OS. The number of nitrogens with zero attached hydrogens (tertiary/aromatic N) is 5. The summed E-state index contributed by atoms with van der Waals surface area (Å²) in [5.41, 5.74) is 13.0. The minimum atomic E-state index is 0.563. The number of furan rings is 1. The summed E-state index contributed by atoms with van der Waals surface area (Å²) in [6, 6.07) is 74.0. The Morgan fingerprint density at radius 2 is 1.02 bits per heavy atom. The zero-order chi connectivity index (χ0) is 42.8. The van der Waals surface area contributed by atoms with E-state index in [1.165, 1.54) is 31.3 Å². The number of hydrogen-bond acceptors (Lipinski definition) is 6. The summed E-state index contributed by atoms with van der Waals surface area (Å²) in [6.07, 6.45) is 0. The van der Waals surface area contributed by atoms with E-state index < -0.39 is 0 Å². The molecule has 304 valence electrons. The van der Waals surface area contributed by atoms with Crippen LogP contribution in [-0.4, -0.2) is 24.5 Å². The smallest absolute Gasteiger partial charge is 0.167 e. The second-order valence-electron chi connectivity index (χ2n) is 16.2. The average molecular weight is 850 g/mol. The lowest BCUT2D eigenvalue weighted by Crippen LogP contribution is -2.00. The minimum absolute atomic E-state index is 0.563. The number of aromatic nitrogens is 5. The van der Waals surface area contributed by atoms with Crippen molar-refractivity contribution in [1.82, 2.24) is 24.5 Å². The van der Waals surface area contributed by atoms with Crippen LogP contribution in [0.25, 0.3) is 127 Å². The SMILES string of the molecule is c1ccc(-c2nc(-c3cccc(-c4cccc5c4sc4ccc(-c6ccc(-c7nc8ccccc8n7-c7ccccc7)cc6)cc45)c3)nc(-c3cccc4c3oc3ccccc34)n2)cc1. The highest BCUT2D eigenvalue weighted by molar-refractivity contribution is 7.26. The molecule has 0 amide bonds. The maximum Gasteiger partial charge on any atom is 0.167 e. The van der Waals surface area contributed by atoms with Gasteiger partial charge in [-0.15, -0.1) is 11.3 Å². The van der Waals surface area contributed by atoms with Crippen molar-refractivity contribution in [1.29, 1.82) is 0 Å². The van der Waals surface area contributed by atoms with E-state index >= 15 is 0 Å². The molecular weight excluding hydrogens is 815 g/mol. The molecule has 0 fully saturated rings. The highest BCUT2D eigenvalue weighted by Gasteiger charge is 2.20. The molecule has 0 aliphatic rings. The highest BCUT2D eigenvalue weighted by Crippen LogP contribution is 2.43. The molecule has 0 aliphatic carbocycles. The lowest BCUT2D eigenvalue weighted by atomic mass is 9.98. The normalized spacial score (nSPS) is 11.7. The third kappa shape index (κ3) is 6.32. The second-order valence-corrected chi connectivity index (χ2v) is 17.3. The summed E-state index contributed by atoms with van der Waals surface area (Å²) in [5.74, 6) is 2.69. The van der Waals surface area contributed by atoms with Crippen molar-refractivity contribution in [3.05, 3.63) is 212 Å². The molecule has 7 heteroatoms. The third-order valence-electron chi connectivity index (χ3n) is 12.3. The molecule has 0 bridgehead atoms. The van der Waals surface area contributed by atoms with Crippen molar-refractivity contribution < 1.29 is 4.42 Å². The van der Waals surface area contributed by atoms with Gasteiger partial charge in [0.25, 0.3) is 0 Å². The van der Waals surface area contributed by atoms with Crippen molar-refractivity contribution >= 4 is 64.5 Å². The van der Waals surface area contributed by atoms with Gasteiger partial charge >= 0.3 is 0 Å². The predicted molar refractivity (Wildman–Crippen MR) is 267 cm³/mol. The van der Waals surface area contributed by atoms with Crippen molar-refractivity contribution in [2.45, 2.75) is 0 Å². The molecule has 0 radical (unpaired) electrons. The second kappa shape index (κ2) is 15.1. The number of benzene rings is 9. The van der Waals surface area contributed by atoms with Crippen LogP contribution < -0.4 is 0 Å². The van der Waals surface area contributed by atoms with Gasteiger partial charge in [0.15, 0.2) is 17.5 Å². The fourth-order valence-electron chi connectivity index (χ4n) is 9.17. The van der Waals surface area contributed by atoms with Gasteiger partial charge in [-0.2, -0.15) is 0 Å². The van der Waals surface area contributed by atoms with Gasteiger partial charge in [-0.3, -0.25) is 4.57 Å². The number of thiophene rings is 1. The number of fused-ring (bicyclic) bond motifs is 7. The Labute approximate surface area is 377 Å². The first-order valence-corrected chi connectivity index (χ1v) is 22.4. The molecule has 13 aromatic rings. The fourth-order valence-corrected chi connectivity index (χ4v) is 10.4. The lowest BCUT2D eigenvalue weighted by molar-refractivity contribution is 0.669. The number of imidazole rings is 1. The molecule has 9 aromatic carbocycles. The molecule has 0 saturated heterocycles. The summed E-state index contributed by atoms with van der Waals surface area (Å²) in [4.78, 5) is 20.4. The third-order valence-corrected chi connectivity index (χ3v) is 13.5.